The molecule has 0 unspecified atom stereocenters. The smallest absolute Gasteiger partial charge is 0.261 e. The van der Waals surface area contributed by atoms with Gasteiger partial charge in [-0.3, -0.25) is 4.79 Å². The predicted octanol–water partition coefficient (Wildman–Crippen LogP) is 4.17. The first kappa shape index (κ1) is 21.2. The van der Waals surface area contributed by atoms with Gasteiger partial charge in [0.15, 0.2) is 0 Å². The fraction of sp³-hybridized carbons (Fsp3) is 0.385. The average molecular weight is 461 g/mol. The van der Waals surface area contributed by atoms with Crippen LogP contribution < -0.4 is 15.8 Å². The Balaban J connectivity index is 1.57. The van der Waals surface area contributed by atoms with Crippen molar-refractivity contribution in [3.8, 4) is 11.4 Å². The van der Waals surface area contributed by atoms with Gasteiger partial charge >= 0.3 is 0 Å². The second-order valence-corrected chi connectivity index (χ2v) is 9.56. The number of fused-ring (bicyclic) bond motifs is 5. The van der Waals surface area contributed by atoms with E-state index in [0.717, 1.165) is 43.5 Å². The molecule has 2 bridgehead atoms. The van der Waals surface area contributed by atoms with Crippen LogP contribution in [0.15, 0.2) is 41.2 Å². The monoisotopic (exact) mass is 460 g/mol. The lowest BCUT2D eigenvalue weighted by Gasteiger charge is -2.45. The maximum absolute atomic E-state index is 15.3. The Bertz CT molecular complexity index is 1400. The van der Waals surface area contributed by atoms with Gasteiger partial charge in [0.1, 0.15) is 17.2 Å². The Morgan fingerprint density at radius 3 is 2.68 bits per heavy atom. The van der Waals surface area contributed by atoms with E-state index in [0.29, 0.717) is 46.1 Å². The number of aromatic amines is 2. The molecular weight excluding hydrogens is 431 g/mol. The quantitative estimate of drug-likeness (QED) is 0.417. The van der Waals surface area contributed by atoms with Gasteiger partial charge in [-0.25, -0.2) is 9.37 Å². The van der Waals surface area contributed by atoms with E-state index in [1.165, 1.54) is 0 Å². The van der Waals surface area contributed by atoms with Crippen LogP contribution >= 0.6 is 0 Å². The number of imidazole rings is 1. The highest BCUT2D eigenvalue weighted by molar-refractivity contribution is 6.00. The van der Waals surface area contributed by atoms with Crippen LogP contribution in [0.25, 0.3) is 33.3 Å². The summed E-state index contributed by atoms with van der Waals surface area (Å²) in [6.07, 6.45) is 2.27. The topological polar surface area (TPSA) is 80.0 Å². The standard InChI is InChI=1S/C26H29FN6O/c1-3-32(2)22-13-20-16(12-17(22)27)24(28-21-14-33-10-8-15(21)9-11-33)23(26(34)31-20)25-29-18-6-4-5-7-19(18)30-25/h4-7,12-13,15,21H,3,8-11,14H2,1-2H3,(H,29,30)(H2,28,31,34)/t21-/m0/s1. The summed E-state index contributed by atoms with van der Waals surface area (Å²) in [5.41, 5.74) is 3.57. The summed E-state index contributed by atoms with van der Waals surface area (Å²) in [4.78, 5) is 28.8. The number of pyridine rings is 1. The molecule has 3 saturated heterocycles. The minimum absolute atomic E-state index is 0.205. The van der Waals surface area contributed by atoms with Gasteiger partial charge in [0.25, 0.3) is 5.56 Å². The number of benzene rings is 2. The molecule has 3 fully saturated rings. The Hall–Kier alpha value is -3.39. The van der Waals surface area contributed by atoms with Gasteiger partial charge in [-0.05, 0) is 63.0 Å². The molecule has 0 saturated carbocycles. The molecule has 176 valence electrons. The summed E-state index contributed by atoms with van der Waals surface area (Å²) in [6.45, 7) is 5.80. The second kappa shape index (κ2) is 8.13. The highest BCUT2D eigenvalue weighted by atomic mass is 19.1. The minimum Gasteiger partial charge on any atom is -0.379 e. The first-order chi connectivity index (χ1) is 16.5. The zero-order chi connectivity index (χ0) is 23.4. The number of H-pyrrole nitrogens is 2. The molecule has 0 spiro atoms. The van der Waals surface area contributed by atoms with Crippen LogP contribution in [-0.4, -0.2) is 59.1 Å². The SMILES string of the molecule is CCN(C)c1cc2[nH]c(=O)c(-c3nc4ccccc4[nH]3)c(N[C@H]3CN4CCC3CC4)c2cc1F. The molecule has 3 aliphatic rings. The molecule has 3 N–H and O–H groups in total. The Morgan fingerprint density at radius 1 is 1.18 bits per heavy atom. The number of nitrogens with one attached hydrogen (secondary N) is 3. The fourth-order valence-corrected chi connectivity index (χ4v) is 5.53. The lowest BCUT2D eigenvalue weighted by Crippen LogP contribution is -2.53. The van der Waals surface area contributed by atoms with Crippen molar-refractivity contribution in [3.05, 3.63) is 52.6 Å². The molecule has 2 aromatic carbocycles. The van der Waals surface area contributed by atoms with E-state index in [1.807, 2.05) is 43.1 Å². The van der Waals surface area contributed by atoms with Crippen molar-refractivity contribution >= 4 is 33.3 Å². The maximum atomic E-state index is 15.3. The molecule has 5 heterocycles. The molecule has 3 aliphatic heterocycles. The van der Waals surface area contributed by atoms with E-state index < -0.39 is 0 Å². The third-order valence-electron chi connectivity index (χ3n) is 7.58. The molecule has 7 rings (SSSR count). The van der Waals surface area contributed by atoms with Crippen LogP contribution in [-0.2, 0) is 0 Å². The summed E-state index contributed by atoms with van der Waals surface area (Å²) in [7, 11) is 1.84. The van der Waals surface area contributed by atoms with Crippen molar-refractivity contribution in [1.29, 1.82) is 0 Å². The van der Waals surface area contributed by atoms with Crippen LogP contribution in [0.5, 0.6) is 0 Å². The number of halogens is 1. The number of anilines is 2. The molecule has 1 atom stereocenters. The number of para-hydroxylation sites is 2. The van der Waals surface area contributed by atoms with E-state index >= 15 is 4.39 Å². The van der Waals surface area contributed by atoms with Crippen LogP contribution in [0.1, 0.15) is 19.8 Å². The zero-order valence-corrected chi connectivity index (χ0v) is 19.5. The second-order valence-electron chi connectivity index (χ2n) is 9.56. The van der Waals surface area contributed by atoms with Crippen molar-refractivity contribution in [1.82, 2.24) is 19.9 Å². The first-order valence-electron chi connectivity index (χ1n) is 12.1. The van der Waals surface area contributed by atoms with Crippen molar-refractivity contribution in [2.45, 2.75) is 25.8 Å². The Labute approximate surface area is 197 Å². The number of piperidine rings is 3. The normalized spacial score (nSPS) is 21.9. The summed E-state index contributed by atoms with van der Waals surface area (Å²) in [6, 6.07) is 11.2. The highest BCUT2D eigenvalue weighted by Crippen LogP contribution is 2.37. The highest BCUT2D eigenvalue weighted by Gasteiger charge is 2.35. The van der Waals surface area contributed by atoms with Crippen molar-refractivity contribution in [2.24, 2.45) is 5.92 Å². The van der Waals surface area contributed by atoms with E-state index in [-0.39, 0.29) is 17.4 Å². The number of hydrogen-bond acceptors (Lipinski definition) is 5. The van der Waals surface area contributed by atoms with Gasteiger partial charge in [0, 0.05) is 31.6 Å². The molecule has 0 amide bonds. The predicted molar refractivity (Wildman–Crippen MR) is 135 cm³/mol. The molecular formula is C26H29FN6O. The molecule has 4 aromatic rings. The molecule has 34 heavy (non-hydrogen) atoms. The fourth-order valence-electron chi connectivity index (χ4n) is 5.53. The van der Waals surface area contributed by atoms with Crippen molar-refractivity contribution in [2.75, 3.05) is 43.4 Å². The van der Waals surface area contributed by atoms with Gasteiger partial charge in [0.2, 0.25) is 0 Å². The van der Waals surface area contributed by atoms with Crippen LogP contribution in [0.3, 0.4) is 0 Å². The third kappa shape index (κ3) is 3.44. The van der Waals surface area contributed by atoms with Gasteiger partial charge in [-0.15, -0.1) is 0 Å². The minimum atomic E-state index is -0.309. The zero-order valence-electron chi connectivity index (χ0n) is 19.5. The summed E-state index contributed by atoms with van der Waals surface area (Å²) in [5.74, 6) is 0.720. The largest absolute Gasteiger partial charge is 0.379 e. The lowest BCUT2D eigenvalue weighted by molar-refractivity contribution is 0.0976. The summed E-state index contributed by atoms with van der Waals surface area (Å²) < 4.78 is 15.3. The molecule has 2 aromatic heterocycles. The van der Waals surface area contributed by atoms with Crippen molar-refractivity contribution in [3.63, 3.8) is 0 Å². The van der Waals surface area contributed by atoms with Gasteiger partial charge in [-0.1, -0.05) is 12.1 Å². The van der Waals surface area contributed by atoms with E-state index in [4.69, 9.17) is 4.98 Å². The molecule has 0 aliphatic carbocycles. The van der Waals surface area contributed by atoms with Crippen molar-refractivity contribution < 1.29 is 4.39 Å². The van der Waals surface area contributed by atoms with Crippen LogP contribution in [0, 0.1) is 11.7 Å². The van der Waals surface area contributed by atoms with Crippen LogP contribution in [0.2, 0.25) is 0 Å². The number of nitrogens with zero attached hydrogens (tertiary/aromatic N) is 3. The molecule has 0 radical (unpaired) electrons. The lowest BCUT2D eigenvalue weighted by atomic mass is 9.83. The van der Waals surface area contributed by atoms with Gasteiger partial charge in [-0.2, -0.15) is 0 Å². The number of rotatable bonds is 5. The first-order valence-corrected chi connectivity index (χ1v) is 12.1. The van der Waals surface area contributed by atoms with Gasteiger partial charge in [0.05, 0.1) is 27.9 Å². The Kier molecular flexibility index (Phi) is 5.06. The van der Waals surface area contributed by atoms with E-state index in [2.05, 4.69) is 20.2 Å². The Morgan fingerprint density at radius 2 is 1.97 bits per heavy atom. The summed E-state index contributed by atoms with van der Waals surface area (Å²) in [5, 5.41) is 4.36. The maximum Gasteiger partial charge on any atom is 0.261 e. The van der Waals surface area contributed by atoms with E-state index in [9.17, 15) is 4.79 Å². The number of aromatic nitrogens is 3. The average Bonchev–Trinajstić information content (AvgIpc) is 3.28. The van der Waals surface area contributed by atoms with E-state index in [1.54, 1.807) is 12.1 Å². The van der Waals surface area contributed by atoms with Crippen LogP contribution in [0.4, 0.5) is 15.8 Å². The van der Waals surface area contributed by atoms with Gasteiger partial charge < -0.3 is 25.1 Å². The molecule has 7 nitrogen and oxygen atoms in total. The summed E-state index contributed by atoms with van der Waals surface area (Å²) >= 11 is 0. The number of hydrogen-bond donors (Lipinski definition) is 3. The molecule has 8 heteroatoms. The third-order valence-corrected chi connectivity index (χ3v) is 7.58.